The van der Waals surface area contributed by atoms with Crippen molar-refractivity contribution in [2.75, 3.05) is 13.2 Å². The molecule has 108 valence electrons. The van der Waals surface area contributed by atoms with Gasteiger partial charge in [0, 0.05) is 12.6 Å². The summed E-state index contributed by atoms with van der Waals surface area (Å²) >= 11 is 0. The van der Waals surface area contributed by atoms with Crippen LogP contribution in [0.5, 0.6) is 11.5 Å². The van der Waals surface area contributed by atoms with E-state index in [0.29, 0.717) is 12.6 Å². The fourth-order valence-corrected chi connectivity index (χ4v) is 1.87. The molecule has 0 radical (unpaired) electrons. The summed E-state index contributed by atoms with van der Waals surface area (Å²) in [6.07, 6.45) is 2.42. The van der Waals surface area contributed by atoms with Gasteiger partial charge in [-0.15, -0.1) is 0 Å². The van der Waals surface area contributed by atoms with Gasteiger partial charge in [-0.1, -0.05) is 27.2 Å². The number of rotatable bonds is 9. The van der Waals surface area contributed by atoms with E-state index in [1.165, 1.54) is 0 Å². The average molecular weight is 265 g/mol. The summed E-state index contributed by atoms with van der Waals surface area (Å²) in [7, 11) is 0. The molecule has 1 aromatic carbocycles. The summed E-state index contributed by atoms with van der Waals surface area (Å²) in [5.74, 6) is 1.80. The third kappa shape index (κ3) is 6.48. The predicted octanol–water partition coefficient (Wildman–Crippen LogP) is 3.63. The quantitative estimate of drug-likeness (QED) is 0.739. The van der Waals surface area contributed by atoms with Gasteiger partial charge in [0.25, 0.3) is 0 Å². The SMILES string of the molecule is CCCC(CNC(C)C)Oc1ccc(OCC)cc1. The van der Waals surface area contributed by atoms with Crippen LogP contribution in [-0.2, 0) is 0 Å². The minimum atomic E-state index is 0.227. The molecule has 0 bridgehead atoms. The summed E-state index contributed by atoms with van der Waals surface area (Å²) in [6.45, 7) is 10.1. The van der Waals surface area contributed by atoms with Crippen LogP contribution in [0, 0.1) is 0 Å². The molecule has 0 saturated carbocycles. The highest BCUT2D eigenvalue weighted by molar-refractivity contribution is 5.31. The second-order valence-electron chi connectivity index (χ2n) is 5.00. The Kier molecular flexibility index (Phi) is 7.34. The van der Waals surface area contributed by atoms with Crippen LogP contribution in [-0.4, -0.2) is 25.3 Å². The van der Waals surface area contributed by atoms with Gasteiger partial charge in [-0.2, -0.15) is 0 Å². The van der Waals surface area contributed by atoms with Gasteiger partial charge in [-0.3, -0.25) is 0 Å². The third-order valence-corrected chi connectivity index (χ3v) is 2.80. The fourth-order valence-electron chi connectivity index (χ4n) is 1.87. The molecule has 0 fully saturated rings. The van der Waals surface area contributed by atoms with Crippen molar-refractivity contribution in [2.45, 2.75) is 52.7 Å². The van der Waals surface area contributed by atoms with Crippen molar-refractivity contribution < 1.29 is 9.47 Å². The number of benzene rings is 1. The normalized spacial score (nSPS) is 12.5. The zero-order valence-corrected chi connectivity index (χ0v) is 12.6. The Balaban J connectivity index is 2.52. The van der Waals surface area contributed by atoms with Crippen molar-refractivity contribution in [1.82, 2.24) is 5.32 Å². The maximum absolute atomic E-state index is 6.02. The molecule has 0 amide bonds. The van der Waals surface area contributed by atoms with Gasteiger partial charge < -0.3 is 14.8 Å². The molecule has 0 aliphatic heterocycles. The molecule has 1 atom stereocenters. The Morgan fingerprint density at radius 3 is 2.21 bits per heavy atom. The van der Waals surface area contributed by atoms with E-state index in [1.54, 1.807) is 0 Å². The Morgan fingerprint density at radius 1 is 1.05 bits per heavy atom. The van der Waals surface area contributed by atoms with Gasteiger partial charge in [-0.05, 0) is 37.6 Å². The summed E-state index contributed by atoms with van der Waals surface area (Å²) in [6, 6.07) is 8.35. The predicted molar refractivity (Wildman–Crippen MR) is 80.1 cm³/mol. The first-order valence-corrected chi connectivity index (χ1v) is 7.28. The molecule has 1 rings (SSSR count). The van der Waals surface area contributed by atoms with Crippen LogP contribution < -0.4 is 14.8 Å². The lowest BCUT2D eigenvalue weighted by molar-refractivity contribution is 0.183. The van der Waals surface area contributed by atoms with Crippen LogP contribution in [0.2, 0.25) is 0 Å². The highest BCUT2D eigenvalue weighted by atomic mass is 16.5. The Labute approximate surface area is 117 Å². The van der Waals surface area contributed by atoms with Crippen LogP contribution in [0.4, 0.5) is 0 Å². The second-order valence-corrected chi connectivity index (χ2v) is 5.00. The highest BCUT2D eigenvalue weighted by Gasteiger charge is 2.10. The largest absolute Gasteiger partial charge is 0.494 e. The van der Waals surface area contributed by atoms with Crippen LogP contribution in [0.15, 0.2) is 24.3 Å². The van der Waals surface area contributed by atoms with Gasteiger partial charge in [0.05, 0.1) is 6.61 Å². The zero-order valence-electron chi connectivity index (χ0n) is 12.6. The van der Waals surface area contributed by atoms with Gasteiger partial charge in [0.15, 0.2) is 0 Å². The lowest BCUT2D eigenvalue weighted by atomic mass is 10.2. The Hall–Kier alpha value is -1.22. The number of nitrogens with one attached hydrogen (secondary N) is 1. The summed E-state index contributed by atoms with van der Waals surface area (Å²) in [5, 5.41) is 3.43. The molecule has 0 heterocycles. The fraction of sp³-hybridized carbons (Fsp3) is 0.625. The molecular weight excluding hydrogens is 238 g/mol. The van der Waals surface area contributed by atoms with Crippen LogP contribution in [0.1, 0.15) is 40.5 Å². The van der Waals surface area contributed by atoms with Gasteiger partial charge >= 0.3 is 0 Å². The molecule has 0 spiro atoms. The lowest BCUT2D eigenvalue weighted by Crippen LogP contribution is -2.35. The molecule has 1 aromatic rings. The smallest absolute Gasteiger partial charge is 0.120 e. The van der Waals surface area contributed by atoms with Crippen molar-refractivity contribution in [2.24, 2.45) is 0 Å². The minimum absolute atomic E-state index is 0.227. The first-order valence-electron chi connectivity index (χ1n) is 7.28. The molecular formula is C16H27NO2. The average Bonchev–Trinajstić information content (AvgIpc) is 2.39. The van der Waals surface area contributed by atoms with Crippen LogP contribution in [0.3, 0.4) is 0 Å². The van der Waals surface area contributed by atoms with Gasteiger partial charge in [0.1, 0.15) is 17.6 Å². The van der Waals surface area contributed by atoms with Crippen LogP contribution in [0.25, 0.3) is 0 Å². The summed E-state index contributed by atoms with van der Waals surface area (Å²) < 4.78 is 11.4. The van der Waals surface area contributed by atoms with Crippen molar-refractivity contribution in [1.29, 1.82) is 0 Å². The van der Waals surface area contributed by atoms with E-state index in [2.05, 4.69) is 26.1 Å². The minimum Gasteiger partial charge on any atom is -0.494 e. The monoisotopic (exact) mass is 265 g/mol. The molecule has 19 heavy (non-hydrogen) atoms. The molecule has 1 unspecified atom stereocenters. The summed E-state index contributed by atoms with van der Waals surface area (Å²) in [5.41, 5.74) is 0. The van der Waals surface area contributed by atoms with Crippen LogP contribution >= 0.6 is 0 Å². The van der Waals surface area contributed by atoms with Crippen molar-refractivity contribution in [3.8, 4) is 11.5 Å². The standard InChI is InChI=1S/C16H27NO2/c1-5-7-16(12-17-13(3)4)19-15-10-8-14(9-11-15)18-6-2/h8-11,13,16-17H,5-7,12H2,1-4H3. The molecule has 3 heteroatoms. The van der Waals surface area contributed by atoms with E-state index < -0.39 is 0 Å². The van der Waals surface area contributed by atoms with E-state index >= 15 is 0 Å². The highest BCUT2D eigenvalue weighted by Crippen LogP contribution is 2.19. The molecule has 0 aromatic heterocycles. The van der Waals surface area contributed by atoms with E-state index in [1.807, 2.05) is 31.2 Å². The molecule has 3 nitrogen and oxygen atoms in total. The van der Waals surface area contributed by atoms with E-state index in [-0.39, 0.29) is 6.10 Å². The Bertz CT molecular complexity index is 335. The van der Waals surface area contributed by atoms with E-state index in [9.17, 15) is 0 Å². The van der Waals surface area contributed by atoms with Crippen molar-refractivity contribution in [3.63, 3.8) is 0 Å². The number of ether oxygens (including phenoxy) is 2. The maximum Gasteiger partial charge on any atom is 0.120 e. The molecule has 0 saturated heterocycles. The van der Waals surface area contributed by atoms with Crippen molar-refractivity contribution >= 4 is 0 Å². The third-order valence-electron chi connectivity index (χ3n) is 2.80. The second kappa shape index (κ2) is 8.81. The van der Waals surface area contributed by atoms with Gasteiger partial charge in [0.2, 0.25) is 0 Å². The maximum atomic E-state index is 6.02. The first kappa shape index (κ1) is 15.8. The number of hydrogen-bond donors (Lipinski definition) is 1. The first-order chi connectivity index (χ1) is 9.15. The Morgan fingerprint density at radius 2 is 1.68 bits per heavy atom. The molecule has 0 aliphatic rings. The number of hydrogen-bond acceptors (Lipinski definition) is 3. The topological polar surface area (TPSA) is 30.5 Å². The van der Waals surface area contributed by atoms with Crippen molar-refractivity contribution in [3.05, 3.63) is 24.3 Å². The summed E-state index contributed by atoms with van der Waals surface area (Å²) in [4.78, 5) is 0. The lowest BCUT2D eigenvalue weighted by Gasteiger charge is -2.20. The molecule has 1 N–H and O–H groups in total. The van der Waals surface area contributed by atoms with Gasteiger partial charge in [-0.25, -0.2) is 0 Å². The van der Waals surface area contributed by atoms with E-state index in [0.717, 1.165) is 30.9 Å². The zero-order chi connectivity index (χ0) is 14.1. The van der Waals surface area contributed by atoms with E-state index in [4.69, 9.17) is 9.47 Å². The molecule has 0 aliphatic carbocycles.